The molecule has 2 aromatic heterocycles. The van der Waals surface area contributed by atoms with Crippen LogP contribution in [0.5, 0.6) is 0 Å². The molecule has 2 aromatic carbocycles. The van der Waals surface area contributed by atoms with E-state index in [9.17, 15) is 0 Å². The van der Waals surface area contributed by atoms with Crippen molar-refractivity contribution in [2.75, 3.05) is 5.73 Å². The SMILES string of the molecule is CC(C)(C)c1ccc(-c2nnc(SCc3nc(N)c4ccccc4n3)o2)cc1. The summed E-state index contributed by atoms with van der Waals surface area (Å²) in [5.41, 5.74) is 9.14. The molecule has 4 rings (SSSR count). The average molecular weight is 392 g/mol. The van der Waals surface area contributed by atoms with Crippen LogP contribution in [-0.2, 0) is 11.2 Å². The zero-order valence-electron chi connectivity index (χ0n) is 16.0. The van der Waals surface area contributed by atoms with Gasteiger partial charge in [0.1, 0.15) is 11.6 Å². The van der Waals surface area contributed by atoms with Crippen LogP contribution in [0.4, 0.5) is 5.82 Å². The number of aromatic nitrogens is 4. The molecule has 7 heteroatoms. The highest BCUT2D eigenvalue weighted by molar-refractivity contribution is 7.98. The molecule has 0 aliphatic heterocycles. The zero-order chi connectivity index (χ0) is 19.7. The Morgan fingerprint density at radius 1 is 0.964 bits per heavy atom. The first-order valence-corrected chi connectivity index (χ1v) is 9.97. The lowest BCUT2D eigenvalue weighted by Crippen LogP contribution is -2.10. The van der Waals surface area contributed by atoms with Crippen molar-refractivity contribution >= 4 is 28.5 Å². The van der Waals surface area contributed by atoms with Gasteiger partial charge in [0, 0.05) is 10.9 Å². The van der Waals surface area contributed by atoms with Crippen LogP contribution in [0, 0.1) is 0 Å². The summed E-state index contributed by atoms with van der Waals surface area (Å²) in [4.78, 5) is 8.92. The fourth-order valence-electron chi connectivity index (χ4n) is 2.84. The molecule has 0 fully saturated rings. The first-order chi connectivity index (χ1) is 13.4. The number of nitrogens with two attached hydrogens (primary N) is 1. The Hall–Kier alpha value is -2.93. The minimum atomic E-state index is 0.107. The van der Waals surface area contributed by atoms with Crippen LogP contribution in [0.1, 0.15) is 32.2 Å². The molecule has 0 amide bonds. The molecular weight excluding hydrogens is 370 g/mol. The Labute approximate surface area is 167 Å². The summed E-state index contributed by atoms with van der Waals surface area (Å²) in [5, 5.41) is 9.61. The highest BCUT2D eigenvalue weighted by Crippen LogP contribution is 2.28. The monoisotopic (exact) mass is 391 g/mol. The molecule has 0 atom stereocenters. The number of hydrogen-bond acceptors (Lipinski definition) is 7. The molecule has 0 saturated heterocycles. The number of rotatable bonds is 4. The van der Waals surface area contributed by atoms with Gasteiger partial charge >= 0.3 is 0 Å². The Morgan fingerprint density at radius 2 is 1.71 bits per heavy atom. The van der Waals surface area contributed by atoms with Gasteiger partial charge in [0.2, 0.25) is 5.89 Å². The number of thioether (sulfide) groups is 1. The van der Waals surface area contributed by atoms with Crippen LogP contribution in [0.15, 0.2) is 58.2 Å². The summed E-state index contributed by atoms with van der Waals surface area (Å²) < 4.78 is 5.79. The lowest BCUT2D eigenvalue weighted by atomic mass is 9.87. The third kappa shape index (κ3) is 3.84. The van der Waals surface area contributed by atoms with Gasteiger partial charge in [-0.25, -0.2) is 9.97 Å². The minimum absolute atomic E-state index is 0.107. The lowest BCUT2D eigenvalue weighted by molar-refractivity contribution is 0.465. The largest absolute Gasteiger partial charge is 0.411 e. The van der Waals surface area contributed by atoms with E-state index in [1.54, 1.807) is 0 Å². The van der Waals surface area contributed by atoms with Crippen molar-refractivity contribution in [2.24, 2.45) is 0 Å². The summed E-state index contributed by atoms with van der Waals surface area (Å²) in [5.74, 6) is 2.11. The predicted molar refractivity (Wildman–Crippen MR) is 112 cm³/mol. The third-order valence-electron chi connectivity index (χ3n) is 4.41. The van der Waals surface area contributed by atoms with Crippen LogP contribution in [0.25, 0.3) is 22.4 Å². The number of nitrogen functional groups attached to an aromatic ring is 1. The summed E-state index contributed by atoms with van der Waals surface area (Å²) >= 11 is 1.39. The molecule has 0 saturated carbocycles. The van der Waals surface area contributed by atoms with Crippen molar-refractivity contribution in [3.63, 3.8) is 0 Å². The molecule has 4 aromatic rings. The van der Waals surface area contributed by atoms with Crippen LogP contribution in [0.2, 0.25) is 0 Å². The summed E-state index contributed by atoms with van der Waals surface area (Å²) in [6.07, 6.45) is 0. The summed E-state index contributed by atoms with van der Waals surface area (Å²) in [6.45, 7) is 6.56. The minimum Gasteiger partial charge on any atom is -0.411 e. The van der Waals surface area contributed by atoms with Crippen molar-refractivity contribution in [3.05, 3.63) is 59.9 Å². The number of para-hydroxylation sites is 1. The van der Waals surface area contributed by atoms with Gasteiger partial charge in [0.05, 0.1) is 11.3 Å². The molecule has 0 spiro atoms. The topological polar surface area (TPSA) is 90.7 Å². The average Bonchev–Trinajstić information content (AvgIpc) is 3.15. The standard InChI is InChI=1S/C21H21N5OS/c1-21(2,3)14-10-8-13(9-11-14)19-25-26-20(27-19)28-12-17-23-16-7-5-4-6-15(16)18(22)24-17/h4-11H,12H2,1-3H3,(H2,22,23,24). The smallest absolute Gasteiger partial charge is 0.277 e. The van der Waals surface area contributed by atoms with E-state index >= 15 is 0 Å². The van der Waals surface area contributed by atoms with Gasteiger partial charge in [-0.05, 0) is 35.2 Å². The van der Waals surface area contributed by atoms with Crippen molar-refractivity contribution in [1.82, 2.24) is 20.2 Å². The predicted octanol–water partition coefficient (Wildman–Crippen LogP) is 4.85. The fraction of sp³-hybridized carbons (Fsp3) is 0.238. The Morgan fingerprint density at radius 3 is 2.46 bits per heavy atom. The van der Waals surface area contributed by atoms with E-state index in [-0.39, 0.29) is 5.41 Å². The molecule has 0 unspecified atom stereocenters. The summed E-state index contributed by atoms with van der Waals surface area (Å²) in [6, 6.07) is 15.9. The van der Waals surface area contributed by atoms with Crippen LogP contribution in [0.3, 0.4) is 0 Å². The van der Waals surface area contributed by atoms with E-state index in [4.69, 9.17) is 10.2 Å². The van der Waals surface area contributed by atoms with Crippen LogP contribution in [-0.4, -0.2) is 20.2 Å². The molecule has 0 aliphatic rings. The van der Waals surface area contributed by atoms with Gasteiger partial charge in [-0.1, -0.05) is 56.8 Å². The molecule has 0 bridgehead atoms. The highest BCUT2D eigenvalue weighted by Gasteiger charge is 2.15. The van der Waals surface area contributed by atoms with Crippen LogP contribution >= 0.6 is 11.8 Å². The maximum Gasteiger partial charge on any atom is 0.277 e. The maximum absolute atomic E-state index is 6.04. The Balaban J connectivity index is 1.48. The van der Waals surface area contributed by atoms with E-state index in [0.29, 0.717) is 28.5 Å². The third-order valence-corrected chi connectivity index (χ3v) is 5.22. The molecule has 28 heavy (non-hydrogen) atoms. The van der Waals surface area contributed by atoms with E-state index in [1.165, 1.54) is 17.3 Å². The Bertz CT molecular complexity index is 1120. The zero-order valence-corrected chi connectivity index (χ0v) is 16.8. The van der Waals surface area contributed by atoms with E-state index < -0.39 is 0 Å². The number of fused-ring (bicyclic) bond motifs is 1. The number of hydrogen-bond donors (Lipinski definition) is 1. The quantitative estimate of drug-likeness (QED) is 0.497. The number of benzene rings is 2. The maximum atomic E-state index is 6.04. The van der Waals surface area contributed by atoms with E-state index in [2.05, 4.69) is 53.1 Å². The van der Waals surface area contributed by atoms with Crippen LogP contribution < -0.4 is 5.73 Å². The van der Waals surface area contributed by atoms with Crippen molar-refractivity contribution in [1.29, 1.82) is 0 Å². The molecule has 6 nitrogen and oxygen atoms in total. The summed E-state index contributed by atoms with van der Waals surface area (Å²) in [7, 11) is 0. The second-order valence-electron chi connectivity index (χ2n) is 7.53. The first kappa shape index (κ1) is 18.4. The van der Waals surface area contributed by atoms with Crippen molar-refractivity contribution in [2.45, 2.75) is 37.2 Å². The van der Waals surface area contributed by atoms with Gasteiger partial charge in [-0.15, -0.1) is 10.2 Å². The molecule has 0 aliphatic carbocycles. The van der Waals surface area contributed by atoms with Gasteiger partial charge < -0.3 is 10.2 Å². The highest BCUT2D eigenvalue weighted by atomic mass is 32.2. The van der Waals surface area contributed by atoms with Gasteiger partial charge in [0.15, 0.2) is 0 Å². The van der Waals surface area contributed by atoms with E-state index in [1.807, 2.05) is 36.4 Å². The van der Waals surface area contributed by atoms with Gasteiger partial charge in [0.25, 0.3) is 5.22 Å². The van der Waals surface area contributed by atoms with Crippen molar-refractivity contribution < 1.29 is 4.42 Å². The Kier molecular flexibility index (Phi) is 4.77. The normalized spacial score (nSPS) is 11.8. The van der Waals surface area contributed by atoms with E-state index in [0.717, 1.165) is 16.5 Å². The molecule has 2 N–H and O–H groups in total. The molecule has 2 heterocycles. The second-order valence-corrected chi connectivity index (χ2v) is 8.46. The van der Waals surface area contributed by atoms with Crippen molar-refractivity contribution in [3.8, 4) is 11.5 Å². The van der Waals surface area contributed by atoms with Gasteiger partial charge in [-0.2, -0.15) is 0 Å². The van der Waals surface area contributed by atoms with Gasteiger partial charge in [-0.3, -0.25) is 0 Å². The lowest BCUT2D eigenvalue weighted by Gasteiger charge is -2.18. The number of anilines is 1. The molecule has 142 valence electrons. The fourth-order valence-corrected chi connectivity index (χ4v) is 3.46. The molecule has 0 radical (unpaired) electrons. The first-order valence-electron chi connectivity index (χ1n) is 8.98. The molecular formula is C21H21N5OS. The number of nitrogens with zero attached hydrogens (tertiary/aromatic N) is 4. The second kappa shape index (κ2) is 7.24.